The lowest BCUT2D eigenvalue weighted by atomic mass is 9.95. The fourth-order valence-corrected chi connectivity index (χ4v) is 3.45. The molecule has 0 aromatic carbocycles. The number of carbonyl (C=O) groups is 1. The fraction of sp³-hybridized carbons (Fsp3) is 0.706. The van der Waals surface area contributed by atoms with Crippen molar-refractivity contribution in [3.63, 3.8) is 0 Å². The maximum atomic E-state index is 12.6. The van der Waals surface area contributed by atoms with Gasteiger partial charge in [0.15, 0.2) is 0 Å². The molecule has 2 fully saturated rings. The van der Waals surface area contributed by atoms with E-state index in [1.807, 2.05) is 11.0 Å². The highest BCUT2D eigenvalue weighted by Crippen LogP contribution is 2.21. The molecule has 1 amide bonds. The van der Waals surface area contributed by atoms with Gasteiger partial charge >= 0.3 is 0 Å². The molecule has 1 N–H and O–H groups in total. The number of nitrogens with one attached hydrogen (secondary N) is 1. The Labute approximate surface area is 132 Å². The van der Waals surface area contributed by atoms with E-state index in [-0.39, 0.29) is 5.91 Å². The largest absolute Gasteiger partial charge is 0.367 e. The minimum atomic E-state index is 0.0518. The van der Waals surface area contributed by atoms with Crippen molar-refractivity contribution in [2.24, 2.45) is 0 Å². The summed E-state index contributed by atoms with van der Waals surface area (Å²) in [5.74, 6) is 0.844. The normalized spacial score (nSPS) is 20.5. The zero-order valence-corrected chi connectivity index (χ0v) is 13.3. The highest BCUT2D eigenvalue weighted by atomic mass is 16.2. The summed E-state index contributed by atoms with van der Waals surface area (Å²) in [5.41, 5.74) is 0.523. The van der Waals surface area contributed by atoms with Crippen LogP contribution < -0.4 is 5.32 Å². The molecule has 2 aliphatic rings. The van der Waals surface area contributed by atoms with E-state index in [0.29, 0.717) is 11.7 Å². The number of rotatable bonds is 3. The monoisotopic (exact) mass is 302 g/mol. The molecule has 3 rings (SSSR count). The number of nitrogens with zero attached hydrogens (tertiary/aromatic N) is 3. The van der Waals surface area contributed by atoms with Crippen LogP contribution in [0.15, 0.2) is 12.4 Å². The molecule has 1 aromatic rings. The molecular weight excluding hydrogens is 276 g/mol. The minimum Gasteiger partial charge on any atom is -0.367 e. The van der Waals surface area contributed by atoms with E-state index in [2.05, 4.69) is 15.3 Å². The maximum absolute atomic E-state index is 12.6. The van der Waals surface area contributed by atoms with E-state index < -0.39 is 0 Å². The van der Waals surface area contributed by atoms with E-state index in [1.165, 1.54) is 51.3 Å². The summed E-state index contributed by atoms with van der Waals surface area (Å²) in [6.07, 6.45) is 12.4. The molecular formula is C17H26N4O. The van der Waals surface area contributed by atoms with Gasteiger partial charge in [-0.05, 0) is 25.7 Å². The highest BCUT2D eigenvalue weighted by Gasteiger charge is 2.20. The van der Waals surface area contributed by atoms with Crippen LogP contribution in [0.1, 0.15) is 68.3 Å². The van der Waals surface area contributed by atoms with Gasteiger partial charge in [-0.2, -0.15) is 0 Å². The number of anilines is 1. The Morgan fingerprint density at radius 2 is 1.68 bits per heavy atom. The van der Waals surface area contributed by atoms with E-state index in [0.717, 1.165) is 31.7 Å². The molecule has 0 atom stereocenters. The van der Waals surface area contributed by atoms with Gasteiger partial charge in [0.2, 0.25) is 0 Å². The maximum Gasteiger partial charge on any atom is 0.272 e. The average Bonchev–Trinajstić information content (AvgIpc) is 2.85. The predicted molar refractivity (Wildman–Crippen MR) is 86.9 cm³/mol. The first-order chi connectivity index (χ1) is 10.8. The zero-order chi connectivity index (χ0) is 15.2. The molecule has 0 unspecified atom stereocenters. The number of carbonyl (C=O) groups excluding carboxylic acids is 1. The zero-order valence-electron chi connectivity index (χ0n) is 13.3. The quantitative estimate of drug-likeness (QED) is 0.931. The van der Waals surface area contributed by atoms with Crippen LogP contribution in [0.5, 0.6) is 0 Å². The molecule has 0 spiro atoms. The number of likely N-dealkylation sites (tertiary alicyclic amines) is 1. The molecule has 0 radical (unpaired) electrons. The molecule has 1 aliphatic heterocycles. The van der Waals surface area contributed by atoms with Crippen LogP contribution in [-0.2, 0) is 0 Å². The third-order valence-electron chi connectivity index (χ3n) is 4.74. The standard InChI is InChI=1S/C17H26N4O/c22-17(21-10-6-1-2-7-11-21)15-12-16(19-13-18-15)20-14-8-4-3-5-9-14/h12-14H,1-11H2,(H,18,19,20). The first kappa shape index (κ1) is 15.3. The van der Waals surface area contributed by atoms with Gasteiger partial charge in [-0.25, -0.2) is 9.97 Å². The third-order valence-corrected chi connectivity index (χ3v) is 4.74. The number of hydrogen-bond acceptors (Lipinski definition) is 4. The van der Waals surface area contributed by atoms with Gasteiger partial charge in [0.25, 0.3) is 5.91 Å². The molecule has 0 bridgehead atoms. The van der Waals surface area contributed by atoms with Crippen molar-refractivity contribution in [3.8, 4) is 0 Å². The van der Waals surface area contributed by atoms with Crippen molar-refractivity contribution in [3.05, 3.63) is 18.1 Å². The second-order valence-electron chi connectivity index (χ2n) is 6.47. The summed E-state index contributed by atoms with van der Waals surface area (Å²) in [6, 6.07) is 2.31. The molecule has 22 heavy (non-hydrogen) atoms. The van der Waals surface area contributed by atoms with Crippen molar-refractivity contribution >= 4 is 11.7 Å². The molecule has 1 saturated heterocycles. The first-order valence-electron chi connectivity index (χ1n) is 8.71. The average molecular weight is 302 g/mol. The van der Waals surface area contributed by atoms with Crippen LogP contribution in [0, 0.1) is 0 Å². The van der Waals surface area contributed by atoms with Gasteiger partial charge in [-0.3, -0.25) is 4.79 Å². The van der Waals surface area contributed by atoms with Crippen LogP contribution in [0.4, 0.5) is 5.82 Å². The summed E-state index contributed by atoms with van der Waals surface area (Å²) in [7, 11) is 0. The number of amides is 1. The van der Waals surface area contributed by atoms with Crippen LogP contribution >= 0.6 is 0 Å². The number of aromatic nitrogens is 2. The Morgan fingerprint density at radius 3 is 2.41 bits per heavy atom. The minimum absolute atomic E-state index is 0.0518. The van der Waals surface area contributed by atoms with Crippen LogP contribution in [0.3, 0.4) is 0 Å². The lowest BCUT2D eigenvalue weighted by Crippen LogP contribution is -2.32. The molecule has 1 aliphatic carbocycles. The fourth-order valence-electron chi connectivity index (χ4n) is 3.45. The topological polar surface area (TPSA) is 58.1 Å². The van der Waals surface area contributed by atoms with Crippen molar-refractivity contribution in [2.45, 2.75) is 63.8 Å². The van der Waals surface area contributed by atoms with Gasteiger partial charge in [0.1, 0.15) is 17.8 Å². The van der Waals surface area contributed by atoms with Crippen molar-refractivity contribution < 1.29 is 4.79 Å². The molecule has 2 heterocycles. The Hall–Kier alpha value is -1.65. The summed E-state index contributed by atoms with van der Waals surface area (Å²) in [6.45, 7) is 1.71. The summed E-state index contributed by atoms with van der Waals surface area (Å²) in [5, 5.41) is 3.47. The molecule has 5 heteroatoms. The van der Waals surface area contributed by atoms with Gasteiger partial charge < -0.3 is 10.2 Å². The van der Waals surface area contributed by atoms with Gasteiger partial charge in [-0.1, -0.05) is 32.1 Å². The van der Waals surface area contributed by atoms with Crippen LogP contribution in [-0.4, -0.2) is 39.9 Å². The number of hydrogen-bond donors (Lipinski definition) is 1. The Bertz CT molecular complexity index is 491. The lowest BCUT2D eigenvalue weighted by Gasteiger charge is -2.23. The Kier molecular flexibility index (Phi) is 5.24. The summed E-state index contributed by atoms with van der Waals surface area (Å²) in [4.78, 5) is 23.0. The Balaban J connectivity index is 1.65. The summed E-state index contributed by atoms with van der Waals surface area (Å²) < 4.78 is 0. The molecule has 1 aromatic heterocycles. The lowest BCUT2D eigenvalue weighted by molar-refractivity contribution is 0.0755. The molecule has 1 saturated carbocycles. The van der Waals surface area contributed by atoms with E-state index in [1.54, 1.807) is 0 Å². The highest BCUT2D eigenvalue weighted by molar-refractivity contribution is 5.92. The van der Waals surface area contributed by atoms with Gasteiger partial charge in [-0.15, -0.1) is 0 Å². The second-order valence-corrected chi connectivity index (χ2v) is 6.47. The molecule has 5 nitrogen and oxygen atoms in total. The van der Waals surface area contributed by atoms with Gasteiger partial charge in [0, 0.05) is 25.2 Å². The third kappa shape index (κ3) is 3.96. The summed E-state index contributed by atoms with van der Waals surface area (Å²) >= 11 is 0. The second kappa shape index (κ2) is 7.56. The molecule has 120 valence electrons. The van der Waals surface area contributed by atoms with E-state index >= 15 is 0 Å². The smallest absolute Gasteiger partial charge is 0.272 e. The van der Waals surface area contributed by atoms with Crippen molar-refractivity contribution in [1.82, 2.24) is 14.9 Å². The first-order valence-corrected chi connectivity index (χ1v) is 8.71. The van der Waals surface area contributed by atoms with E-state index in [4.69, 9.17) is 0 Å². The predicted octanol–water partition coefficient (Wildman–Crippen LogP) is 3.24. The van der Waals surface area contributed by atoms with Crippen LogP contribution in [0.2, 0.25) is 0 Å². The van der Waals surface area contributed by atoms with E-state index in [9.17, 15) is 4.79 Å². The SMILES string of the molecule is O=C(c1cc(NC2CCCCC2)ncn1)N1CCCCCC1. The van der Waals surface area contributed by atoms with Gasteiger partial charge in [0.05, 0.1) is 0 Å². The Morgan fingerprint density at radius 1 is 1.00 bits per heavy atom. The van der Waals surface area contributed by atoms with Crippen molar-refractivity contribution in [1.29, 1.82) is 0 Å². The van der Waals surface area contributed by atoms with Crippen LogP contribution in [0.25, 0.3) is 0 Å². The van der Waals surface area contributed by atoms with Crippen molar-refractivity contribution in [2.75, 3.05) is 18.4 Å².